The summed E-state index contributed by atoms with van der Waals surface area (Å²) in [5, 5.41) is 9.05. The van der Waals surface area contributed by atoms with Crippen molar-refractivity contribution in [3.8, 4) is 11.5 Å². The molecule has 0 bridgehead atoms. The lowest BCUT2D eigenvalue weighted by Crippen LogP contribution is -2.52. The Labute approximate surface area is 258 Å². The second-order valence-corrected chi connectivity index (χ2v) is 10.3. The minimum Gasteiger partial charge on any atom is -0.496 e. The molecule has 44 heavy (non-hydrogen) atoms. The summed E-state index contributed by atoms with van der Waals surface area (Å²) in [4.78, 5) is 19.3. The van der Waals surface area contributed by atoms with Crippen LogP contribution in [0.5, 0.6) is 11.5 Å². The normalized spacial score (nSPS) is 17.6. The van der Waals surface area contributed by atoms with Crippen molar-refractivity contribution in [2.24, 2.45) is 4.99 Å². The molecule has 0 unspecified atom stereocenters. The lowest BCUT2D eigenvalue weighted by molar-refractivity contribution is -0.129. The van der Waals surface area contributed by atoms with Gasteiger partial charge < -0.3 is 19.3 Å². The Hall–Kier alpha value is -4.92. The fraction of sp³-hybridized carbons (Fsp3) is 0.222. The number of nitrogens with one attached hydrogen (secondary N) is 2. The molecule has 3 N–H and O–H groups in total. The van der Waals surface area contributed by atoms with Crippen molar-refractivity contribution in [1.82, 2.24) is 10.9 Å². The number of nitrogens with zero attached hydrogens (tertiary/aromatic N) is 1. The molecule has 0 radical (unpaired) electrons. The number of benzene rings is 4. The molecule has 0 saturated carbocycles. The summed E-state index contributed by atoms with van der Waals surface area (Å²) >= 11 is 0. The van der Waals surface area contributed by atoms with Crippen LogP contribution in [0.25, 0.3) is 6.08 Å². The fourth-order valence-corrected chi connectivity index (χ4v) is 5.06. The molecule has 0 saturated heterocycles. The summed E-state index contributed by atoms with van der Waals surface area (Å²) in [6.45, 7) is 0.847. The van der Waals surface area contributed by atoms with Crippen LogP contribution >= 0.6 is 0 Å². The molecule has 226 valence electrons. The number of methoxy groups -OCH3 is 1. The largest absolute Gasteiger partial charge is 0.496 e. The molecule has 4 aromatic rings. The van der Waals surface area contributed by atoms with Gasteiger partial charge >= 0.3 is 0 Å². The number of aliphatic hydroxyl groups excluding tert-OH is 1. The van der Waals surface area contributed by atoms with Gasteiger partial charge in [-0.2, -0.15) is 0 Å². The number of hydrogen-bond donors (Lipinski definition) is 3. The van der Waals surface area contributed by atoms with Gasteiger partial charge in [-0.1, -0.05) is 91.0 Å². The molecule has 2 atom stereocenters. The molecule has 1 heterocycles. The molecule has 8 nitrogen and oxygen atoms in total. The Balaban J connectivity index is 1.47. The van der Waals surface area contributed by atoms with Gasteiger partial charge in [-0.3, -0.25) is 10.2 Å². The highest BCUT2D eigenvalue weighted by atomic mass is 16.5. The quantitative estimate of drug-likeness (QED) is 0.130. The van der Waals surface area contributed by atoms with E-state index >= 15 is 0 Å². The van der Waals surface area contributed by atoms with E-state index in [9.17, 15) is 4.79 Å². The number of aliphatic imine (C=N–C) groups is 1. The SMILES string of the molecule is COc1ccccc1CNNC(=O)[C@@]1(C/C=C/c2ccccc2)N=C(c2ccc(OCCCO)cc2)O[C@H]1c1ccccc1. The Morgan fingerprint density at radius 2 is 1.66 bits per heavy atom. The highest BCUT2D eigenvalue weighted by Crippen LogP contribution is 2.43. The van der Waals surface area contributed by atoms with Gasteiger partial charge in [-0.05, 0) is 41.5 Å². The first kappa shape index (κ1) is 30.5. The Morgan fingerprint density at radius 3 is 2.39 bits per heavy atom. The van der Waals surface area contributed by atoms with Crippen molar-refractivity contribution in [3.05, 3.63) is 138 Å². The molecule has 0 spiro atoms. The number of amides is 1. The minimum absolute atomic E-state index is 0.0697. The Kier molecular flexibility index (Phi) is 10.4. The van der Waals surface area contributed by atoms with Gasteiger partial charge in [-0.15, -0.1) is 0 Å². The first-order chi connectivity index (χ1) is 21.6. The van der Waals surface area contributed by atoms with Crippen molar-refractivity contribution in [1.29, 1.82) is 0 Å². The summed E-state index contributed by atoms with van der Waals surface area (Å²) in [5.74, 6) is 1.45. The molecule has 0 aromatic heterocycles. The van der Waals surface area contributed by atoms with Crippen LogP contribution in [-0.4, -0.2) is 42.8 Å². The zero-order valence-corrected chi connectivity index (χ0v) is 24.7. The van der Waals surface area contributed by atoms with Gasteiger partial charge in [0.15, 0.2) is 11.6 Å². The number of hydrazine groups is 1. The molecule has 0 fully saturated rings. The van der Waals surface area contributed by atoms with Crippen LogP contribution in [0.4, 0.5) is 0 Å². The second kappa shape index (κ2) is 15.0. The lowest BCUT2D eigenvalue weighted by Gasteiger charge is -2.30. The number of carbonyl (C=O) groups is 1. The average molecular weight is 592 g/mol. The zero-order valence-electron chi connectivity index (χ0n) is 24.7. The van der Waals surface area contributed by atoms with E-state index in [1.807, 2.05) is 121 Å². The Bertz CT molecular complexity index is 1560. The maximum Gasteiger partial charge on any atom is 0.266 e. The van der Waals surface area contributed by atoms with Gasteiger partial charge in [-0.25, -0.2) is 10.4 Å². The van der Waals surface area contributed by atoms with Crippen LogP contribution in [0.15, 0.2) is 120 Å². The van der Waals surface area contributed by atoms with E-state index in [4.69, 9.17) is 24.3 Å². The van der Waals surface area contributed by atoms with Crippen LogP contribution in [0.3, 0.4) is 0 Å². The zero-order chi connectivity index (χ0) is 30.6. The van der Waals surface area contributed by atoms with Gasteiger partial charge in [0.25, 0.3) is 5.91 Å². The molecule has 5 rings (SSSR count). The minimum atomic E-state index is -1.31. The summed E-state index contributed by atoms with van der Waals surface area (Å²) in [6.07, 6.45) is 4.11. The highest BCUT2D eigenvalue weighted by molar-refractivity contribution is 6.01. The molecule has 4 aromatic carbocycles. The van der Waals surface area contributed by atoms with Gasteiger partial charge in [0.2, 0.25) is 5.90 Å². The third-order valence-electron chi connectivity index (χ3n) is 7.34. The topological polar surface area (TPSA) is 101 Å². The van der Waals surface area contributed by atoms with E-state index < -0.39 is 11.6 Å². The van der Waals surface area contributed by atoms with Gasteiger partial charge in [0, 0.05) is 37.1 Å². The number of hydrogen-bond acceptors (Lipinski definition) is 7. The molecule has 0 aliphatic carbocycles. The van der Waals surface area contributed by atoms with Crippen LogP contribution in [0, 0.1) is 0 Å². The summed E-state index contributed by atoms with van der Waals surface area (Å²) in [6, 6.07) is 34.7. The molecule has 1 amide bonds. The molecule has 1 aliphatic rings. The predicted octanol–water partition coefficient (Wildman–Crippen LogP) is 5.64. The van der Waals surface area contributed by atoms with Crippen LogP contribution < -0.4 is 20.3 Å². The maximum absolute atomic E-state index is 14.2. The third-order valence-corrected chi connectivity index (χ3v) is 7.34. The van der Waals surface area contributed by atoms with Crippen molar-refractivity contribution >= 4 is 17.9 Å². The van der Waals surface area contributed by atoms with Crippen LogP contribution in [0.2, 0.25) is 0 Å². The predicted molar refractivity (Wildman–Crippen MR) is 171 cm³/mol. The van der Waals surface area contributed by atoms with E-state index in [0.717, 1.165) is 28.0 Å². The molecule has 8 heteroatoms. The molecular weight excluding hydrogens is 554 g/mol. The summed E-state index contributed by atoms with van der Waals surface area (Å²) in [5.41, 5.74) is 8.17. The monoisotopic (exact) mass is 591 g/mol. The van der Waals surface area contributed by atoms with Crippen molar-refractivity contribution in [3.63, 3.8) is 0 Å². The number of aliphatic hydroxyl groups is 1. The van der Waals surface area contributed by atoms with E-state index in [1.165, 1.54) is 0 Å². The van der Waals surface area contributed by atoms with Crippen molar-refractivity contribution < 1.29 is 24.1 Å². The number of ether oxygens (including phenoxy) is 3. The molecule has 1 aliphatic heterocycles. The van der Waals surface area contributed by atoms with E-state index in [1.54, 1.807) is 7.11 Å². The lowest BCUT2D eigenvalue weighted by atomic mass is 9.84. The van der Waals surface area contributed by atoms with E-state index in [2.05, 4.69) is 10.9 Å². The van der Waals surface area contributed by atoms with Crippen molar-refractivity contribution in [2.75, 3.05) is 20.3 Å². The van der Waals surface area contributed by atoms with E-state index in [0.29, 0.717) is 31.2 Å². The summed E-state index contributed by atoms with van der Waals surface area (Å²) < 4.78 is 17.7. The van der Waals surface area contributed by atoms with Gasteiger partial charge in [0.1, 0.15) is 11.5 Å². The van der Waals surface area contributed by atoms with Crippen molar-refractivity contribution in [2.45, 2.75) is 31.0 Å². The van der Waals surface area contributed by atoms with Gasteiger partial charge in [0.05, 0.1) is 13.7 Å². The standard InChI is InChI=1S/C36H37N3O5/c1-42-32-18-9-8-17-30(32)26-37-39-35(41)36(23-10-14-27-12-4-2-5-13-27)33(28-15-6-3-7-16-28)44-34(38-36)29-19-21-31(22-20-29)43-25-11-24-40/h2-10,12-22,33,37,40H,11,23-26H2,1H3,(H,39,41)/b14-10+/t33-,36-/m0/s1. The molecular formula is C36H37N3O5. The number of para-hydroxylation sites is 1. The second-order valence-electron chi connectivity index (χ2n) is 10.3. The smallest absolute Gasteiger partial charge is 0.266 e. The van der Waals surface area contributed by atoms with E-state index in [-0.39, 0.29) is 18.9 Å². The first-order valence-electron chi connectivity index (χ1n) is 14.7. The summed E-state index contributed by atoms with van der Waals surface area (Å²) in [7, 11) is 1.62. The number of carbonyl (C=O) groups excluding carboxylic acids is 1. The van der Waals surface area contributed by atoms with Crippen LogP contribution in [0.1, 0.15) is 41.2 Å². The average Bonchev–Trinajstić information content (AvgIpc) is 3.47. The fourth-order valence-electron chi connectivity index (χ4n) is 5.06. The van der Waals surface area contributed by atoms with Crippen LogP contribution in [-0.2, 0) is 16.1 Å². The highest BCUT2D eigenvalue weighted by Gasteiger charge is 2.52. The third kappa shape index (κ3) is 7.34. The first-order valence-corrected chi connectivity index (χ1v) is 14.7. The maximum atomic E-state index is 14.2. The Morgan fingerprint density at radius 1 is 0.955 bits per heavy atom. The number of rotatable bonds is 14.